The summed E-state index contributed by atoms with van der Waals surface area (Å²) >= 11 is 0. The van der Waals surface area contributed by atoms with Crippen LogP contribution in [-0.4, -0.2) is 57.7 Å². The van der Waals surface area contributed by atoms with Gasteiger partial charge >= 0.3 is 18.1 Å². The van der Waals surface area contributed by atoms with E-state index in [9.17, 15) is 32.7 Å². The standard InChI is InChI=1S/C30H36N4O4.C2HF3O2/c1-2-10-25(33-28(35)14-7-9-20-32-27-13-6-8-19-31-27)30(38)34-26(21-29(36)37)24-17-15-23(16-18-24)22-11-4-3-5-12-22;3-2(4,5)1(6)7/h3-6,8,11-13,15-19,25-26H,2,7,9-10,14,20-21H2,1H3,(H,31,32)(H,33,35)(H,34,38)(H,36,37);(H,6,7)/t25-,26?;/m0./s1. The maximum Gasteiger partial charge on any atom is 0.490 e. The number of anilines is 1. The number of benzene rings is 2. The SMILES string of the molecule is CCC[C@H](NC(=O)CCCCNc1ccccn1)C(=O)NC(CC(=O)O)c1ccc(-c2ccccc2)cc1.O=C(O)C(F)(F)F. The van der Waals surface area contributed by atoms with Gasteiger partial charge in [0.25, 0.3) is 0 Å². The zero-order chi connectivity index (χ0) is 33.2. The molecule has 1 aromatic heterocycles. The number of amides is 2. The van der Waals surface area contributed by atoms with Gasteiger partial charge in [0.1, 0.15) is 11.9 Å². The number of alkyl halides is 3. The van der Waals surface area contributed by atoms with Gasteiger partial charge in [-0.05, 0) is 48.1 Å². The predicted molar refractivity (Wildman–Crippen MR) is 162 cm³/mol. The van der Waals surface area contributed by atoms with Crippen molar-refractivity contribution in [1.29, 1.82) is 0 Å². The van der Waals surface area contributed by atoms with Gasteiger partial charge in [0.15, 0.2) is 0 Å². The van der Waals surface area contributed by atoms with Gasteiger partial charge in [-0.3, -0.25) is 14.4 Å². The molecule has 2 atom stereocenters. The van der Waals surface area contributed by atoms with Crippen LogP contribution in [0.15, 0.2) is 79.0 Å². The molecule has 45 heavy (non-hydrogen) atoms. The molecule has 13 heteroatoms. The van der Waals surface area contributed by atoms with Gasteiger partial charge in [0, 0.05) is 19.2 Å². The average molecular weight is 631 g/mol. The van der Waals surface area contributed by atoms with Crippen molar-refractivity contribution in [2.45, 2.75) is 63.7 Å². The number of unbranched alkanes of at least 4 members (excludes halogenated alkanes) is 1. The molecule has 0 aliphatic carbocycles. The van der Waals surface area contributed by atoms with Crippen molar-refractivity contribution in [1.82, 2.24) is 15.6 Å². The van der Waals surface area contributed by atoms with Crippen molar-refractivity contribution in [3.63, 3.8) is 0 Å². The second kappa shape index (κ2) is 18.7. The number of aromatic nitrogens is 1. The van der Waals surface area contributed by atoms with Gasteiger partial charge in [-0.1, -0.05) is 74.0 Å². The Morgan fingerprint density at radius 3 is 2.02 bits per heavy atom. The van der Waals surface area contributed by atoms with Crippen LogP contribution >= 0.6 is 0 Å². The van der Waals surface area contributed by atoms with Crippen LogP contribution in [0.25, 0.3) is 11.1 Å². The van der Waals surface area contributed by atoms with Crippen molar-refractivity contribution < 1.29 is 42.6 Å². The molecule has 242 valence electrons. The Morgan fingerprint density at radius 1 is 0.844 bits per heavy atom. The predicted octanol–water partition coefficient (Wildman–Crippen LogP) is 5.58. The fourth-order valence-corrected chi connectivity index (χ4v) is 4.16. The quantitative estimate of drug-likeness (QED) is 0.136. The minimum absolute atomic E-state index is 0.196. The number of carbonyl (C=O) groups excluding carboxylic acids is 2. The minimum atomic E-state index is -5.08. The topological polar surface area (TPSA) is 158 Å². The van der Waals surface area contributed by atoms with E-state index in [1.807, 2.05) is 79.7 Å². The second-order valence-electron chi connectivity index (χ2n) is 9.96. The molecule has 0 radical (unpaired) electrons. The summed E-state index contributed by atoms with van der Waals surface area (Å²) in [7, 11) is 0. The van der Waals surface area contributed by atoms with Crippen LogP contribution in [-0.2, 0) is 19.2 Å². The fourth-order valence-electron chi connectivity index (χ4n) is 4.16. The number of hydrogen-bond acceptors (Lipinski definition) is 6. The molecule has 1 heterocycles. The summed E-state index contributed by atoms with van der Waals surface area (Å²) in [4.78, 5) is 50.3. The van der Waals surface area contributed by atoms with Crippen LogP contribution < -0.4 is 16.0 Å². The average Bonchev–Trinajstić information content (AvgIpc) is 3.01. The first-order chi connectivity index (χ1) is 21.4. The Kier molecular flexibility index (Phi) is 15.0. The number of pyridine rings is 1. The molecule has 3 aromatic rings. The number of carbonyl (C=O) groups is 4. The number of nitrogens with zero attached hydrogens (tertiary/aromatic N) is 1. The van der Waals surface area contributed by atoms with Crippen LogP contribution in [0.2, 0.25) is 0 Å². The highest BCUT2D eigenvalue weighted by molar-refractivity contribution is 5.88. The first kappa shape index (κ1) is 36.3. The van der Waals surface area contributed by atoms with Crippen molar-refractivity contribution in [2.75, 3.05) is 11.9 Å². The van der Waals surface area contributed by atoms with Crippen LogP contribution in [0.3, 0.4) is 0 Å². The van der Waals surface area contributed by atoms with Crippen LogP contribution in [0.5, 0.6) is 0 Å². The third-order valence-corrected chi connectivity index (χ3v) is 6.39. The van der Waals surface area contributed by atoms with Gasteiger partial charge < -0.3 is 26.2 Å². The van der Waals surface area contributed by atoms with E-state index in [-0.39, 0.29) is 18.2 Å². The molecular weight excluding hydrogens is 593 g/mol. The lowest BCUT2D eigenvalue weighted by Gasteiger charge is -2.23. The molecule has 0 spiro atoms. The number of halogens is 3. The van der Waals surface area contributed by atoms with E-state index in [2.05, 4.69) is 20.9 Å². The zero-order valence-electron chi connectivity index (χ0n) is 24.7. The van der Waals surface area contributed by atoms with Crippen molar-refractivity contribution in [3.05, 3.63) is 84.6 Å². The number of carboxylic acid groups (broad SMARTS) is 2. The lowest BCUT2D eigenvalue weighted by Crippen LogP contribution is -2.47. The Balaban J connectivity index is 0.000000900. The van der Waals surface area contributed by atoms with E-state index >= 15 is 0 Å². The molecule has 3 rings (SSSR count). The Labute approximate surface area is 259 Å². The van der Waals surface area contributed by atoms with E-state index in [1.165, 1.54) is 0 Å². The highest BCUT2D eigenvalue weighted by Crippen LogP contribution is 2.24. The Morgan fingerprint density at radius 2 is 1.47 bits per heavy atom. The van der Waals surface area contributed by atoms with Gasteiger partial charge in [0.2, 0.25) is 11.8 Å². The van der Waals surface area contributed by atoms with E-state index in [0.29, 0.717) is 37.8 Å². The molecule has 0 aliphatic heterocycles. The van der Waals surface area contributed by atoms with Gasteiger partial charge in [-0.2, -0.15) is 13.2 Å². The highest BCUT2D eigenvalue weighted by Gasteiger charge is 2.38. The fraction of sp³-hybridized carbons (Fsp3) is 0.344. The summed E-state index contributed by atoms with van der Waals surface area (Å²) in [5.41, 5.74) is 2.75. The molecule has 0 saturated heterocycles. The number of rotatable bonds is 15. The van der Waals surface area contributed by atoms with E-state index < -0.39 is 30.2 Å². The molecule has 2 amide bonds. The molecule has 2 aromatic carbocycles. The minimum Gasteiger partial charge on any atom is -0.481 e. The molecular formula is C32H37F3N4O6. The third-order valence-electron chi connectivity index (χ3n) is 6.39. The van der Waals surface area contributed by atoms with Crippen LogP contribution in [0, 0.1) is 0 Å². The lowest BCUT2D eigenvalue weighted by molar-refractivity contribution is -0.192. The monoisotopic (exact) mass is 630 g/mol. The maximum absolute atomic E-state index is 13.1. The van der Waals surface area contributed by atoms with Gasteiger partial charge in [0.05, 0.1) is 12.5 Å². The third kappa shape index (κ3) is 13.9. The van der Waals surface area contributed by atoms with Crippen LogP contribution in [0.1, 0.15) is 57.1 Å². The van der Waals surface area contributed by atoms with E-state index in [0.717, 1.165) is 23.4 Å². The smallest absolute Gasteiger partial charge is 0.481 e. The molecule has 5 N–H and O–H groups in total. The summed E-state index contributed by atoms with van der Waals surface area (Å²) in [6.07, 6.45) is -0.706. The Hall–Kier alpha value is -4.94. The van der Waals surface area contributed by atoms with Crippen LogP contribution in [0.4, 0.5) is 19.0 Å². The lowest BCUT2D eigenvalue weighted by atomic mass is 9.98. The van der Waals surface area contributed by atoms with Crippen molar-refractivity contribution >= 4 is 29.6 Å². The Bertz CT molecular complexity index is 1360. The highest BCUT2D eigenvalue weighted by atomic mass is 19.4. The second-order valence-corrected chi connectivity index (χ2v) is 9.96. The summed E-state index contributed by atoms with van der Waals surface area (Å²) in [6, 6.07) is 21.6. The summed E-state index contributed by atoms with van der Waals surface area (Å²) in [6.45, 7) is 2.63. The van der Waals surface area contributed by atoms with Gasteiger partial charge in [-0.25, -0.2) is 9.78 Å². The normalized spacial score (nSPS) is 12.1. The molecule has 10 nitrogen and oxygen atoms in total. The zero-order valence-corrected chi connectivity index (χ0v) is 24.7. The van der Waals surface area contributed by atoms with Crippen molar-refractivity contribution in [3.8, 4) is 11.1 Å². The summed E-state index contributed by atoms with van der Waals surface area (Å²) in [5.74, 6) is -3.55. The number of aliphatic carboxylic acids is 2. The molecule has 1 unspecified atom stereocenters. The van der Waals surface area contributed by atoms with Crippen molar-refractivity contribution in [2.24, 2.45) is 0 Å². The first-order valence-electron chi connectivity index (χ1n) is 14.3. The van der Waals surface area contributed by atoms with E-state index in [4.69, 9.17) is 9.90 Å². The molecule has 0 bridgehead atoms. The molecule has 0 saturated carbocycles. The number of carboxylic acids is 2. The first-order valence-corrected chi connectivity index (χ1v) is 14.3. The molecule has 0 aliphatic rings. The van der Waals surface area contributed by atoms with Gasteiger partial charge in [-0.15, -0.1) is 0 Å². The maximum atomic E-state index is 13.1. The summed E-state index contributed by atoms with van der Waals surface area (Å²) in [5, 5.41) is 25.5. The largest absolute Gasteiger partial charge is 0.490 e. The summed E-state index contributed by atoms with van der Waals surface area (Å²) < 4.78 is 31.7. The molecule has 0 fully saturated rings. The number of hydrogen-bond donors (Lipinski definition) is 5. The number of nitrogens with one attached hydrogen (secondary N) is 3. The van der Waals surface area contributed by atoms with E-state index in [1.54, 1.807) is 6.20 Å².